The van der Waals surface area contributed by atoms with Crippen LogP contribution >= 0.6 is 0 Å². The number of nitrogens with one attached hydrogen (secondary N) is 1. The van der Waals surface area contributed by atoms with Gasteiger partial charge in [-0.05, 0) is 12.6 Å². The van der Waals surface area contributed by atoms with Crippen molar-refractivity contribution < 1.29 is 18.9 Å². The molecule has 0 radical (unpaired) electrons. The average Bonchev–Trinajstić information content (AvgIpc) is 1.38. The normalized spacial score (nSPS) is 5.67. The number of rotatable bonds is 1. The Morgan fingerprint density at radius 1 is 1.83 bits per heavy atom. The maximum atomic E-state index is 9.28. The topological polar surface area (TPSA) is 35.1 Å². The van der Waals surface area contributed by atoms with Crippen LogP contribution in [0.3, 0.4) is 0 Å². The second-order valence-electron chi connectivity index (χ2n) is 0.882. The summed E-state index contributed by atoms with van der Waals surface area (Å²) in [5, 5.41) is 9.28. The molecule has 0 aliphatic carbocycles. The third-order valence-corrected chi connectivity index (χ3v) is 0.174. The first kappa shape index (κ1) is 9.44. The van der Waals surface area contributed by atoms with E-state index in [1.54, 1.807) is 12.4 Å². The molecule has 0 aromatic carbocycles. The van der Waals surface area contributed by atoms with Crippen LogP contribution < -0.4 is 24.3 Å². The van der Waals surface area contributed by atoms with Crippen molar-refractivity contribution >= 4 is 0 Å². The van der Waals surface area contributed by atoms with Crippen molar-refractivity contribution in [3.05, 3.63) is 17.5 Å². The van der Waals surface area contributed by atoms with E-state index in [1.807, 2.05) is 0 Å². The molecule has 30 valence electrons. The Bertz CT molecular complexity index is 46.1. The third-order valence-electron chi connectivity index (χ3n) is 0.174. The summed E-state index contributed by atoms with van der Waals surface area (Å²) in [5.74, 6) is 0. The smallest absolute Gasteiger partial charge is 0.761 e. The molecule has 0 aliphatic heterocycles. The van der Waals surface area contributed by atoms with Crippen molar-refractivity contribution in [1.29, 1.82) is 0 Å². The van der Waals surface area contributed by atoms with Gasteiger partial charge >= 0.3 is 18.9 Å². The molecule has 0 heterocycles. The fourth-order valence-electron chi connectivity index (χ4n) is 0. The quantitative estimate of drug-likeness (QED) is 0.283. The predicted molar refractivity (Wildman–Crippen MR) is 21.3 cm³/mol. The Hall–Kier alpha value is 0.0974. The van der Waals surface area contributed by atoms with Gasteiger partial charge in [0.05, 0.1) is 0 Å². The van der Waals surface area contributed by atoms with Crippen molar-refractivity contribution in [2.45, 2.75) is 6.92 Å². The van der Waals surface area contributed by atoms with Gasteiger partial charge in [-0.3, -0.25) is 0 Å². The van der Waals surface area contributed by atoms with Gasteiger partial charge in [-0.25, -0.2) is 0 Å². The molecule has 6 heavy (non-hydrogen) atoms. The molecule has 2 nitrogen and oxygen atoms in total. The molecule has 0 aromatic rings. The number of hydrogen-bond donors (Lipinski definition) is 1. The monoisotopic (exact) mass is 83.1 g/mol. The van der Waals surface area contributed by atoms with Crippen LogP contribution in [0.25, 0.3) is 0 Å². The summed E-state index contributed by atoms with van der Waals surface area (Å²) in [6, 6.07) is 0. The van der Waals surface area contributed by atoms with E-state index in [2.05, 4.69) is 6.58 Å². The molecule has 0 fully saturated rings. The first-order valence-corrected chi connectivity index (χ1v) is 1.31. The van der Waals surface area contributed by atoms with Gasteiger partial charge in [0, 0.05) is 0 Å². The molecule has 3 heteroatoms. The van der Waals surface area contributed by atoms with Crippen LogP contribution in [0.2, 0.25) is 0 Å². The maximum absolute atomic E-state index is 9.28. The van der Waals surface area contributed by atoms with E-state index in [0.717, 1.165) is 0 Å². The summed E-state index contributed by atoms with van der Waals surface area (Å²) in [7, 11) is 0. The van der Waals surface area contributed by atoms with E-state index in [4.69, 9.17) is 0 Å². The maximum Gasteiger partial charge on any atom is 1.00 e. The van der Waals surface area contributed by atoms with E-state index in [-0.39, 0.29) is 18.9 Å². The fraction of sp³-hybridized carbons (Fsp3) is 0.333. The molecule has 0 aromatic heterocycles. The molecule has 0 saturated carbocycles. The second-order valence-corrected chi connectivity index (χ2v) is 0.882. The van der Waals surface area contributed by atoms with Crippen molar-refractivity contribution in [2.24, 2.45) is 0 Å². The number of hydroxylamine groups is 1. The summed E-state index contributed by atoms with van der Waals surface area (Å²) in [5.41, 5.74) is 2.03. The zero-order chi connectivity index (χ0) is 4.28. The number of hydrogen-bond acceptors (Lipinski definition) is 2. The molecule has 0 unspecified atom stereocenters. The van der Waals surface area contributed by atoms with Gasteiger partial charge < -0.3 is 10.7 Å². The molecular formula is C3H6LiNO. The van der Waals surface area contributed by atoms with Gasteiger partial charge in [0.1, 0.15) is 0 Å². The van der Waals surface area contributed by atoms with E-state index in [1.165, 1.54) is 0 Å². The molecule has 1 N–H and O–H groups in total. The molecule has 0 bridgehead atoms. The Morgan fingerprint density at radius 3 is 2.00 bits per heavy atom. The van der Waals surface area contributed by atoms with Gasteiger partial charge in [-0.1, -0.05) is 6.58 Å². The molecule has 0 rings (SSSR count). The van der Waals surface area contributed by atoms with E-state index in [9.17, 15) is 5.21 Å². The molecule has 0 spiro atoms. The molecule has 0 amide bonds. The first-order valence-electron chi connectivity index (χ1n) is 1.31. The van der Waals surface area contributed by atoms with E-state index < -0.39 is 0 Å². The van der Waals surface area contributed by atoms with E-state index in [0.29, 0.717) is 5.70 Å². The van der Waals surface area contributed by atoms with Crippen LogP contribution in [0.1, 0.15) is 6.92 Å². The number of allylic oxidation sites excluding steroid dienone is 1. The minimum atomic E-state index is 0. The summed E-state index contributed by atoms with van der Waals surface area (Å²) in [6.45, 7) is 4.85. The molecule has 0 atom stereocenters. The second kappa shape index (κ2) is 5.10. The van der Waals surface area contributed by atoms with Crippen LogP contribution in [-0.2, 0) is 0 Å². The minimum absolute atomic E-state index is 0. The Morgan fingerprint density at radius 2 is 2.00 bits per heavy atom. The van der Waals surface area contributed by atoms with Crippen LogP contribution in [-0.4, -0.2) is 0 Å². The molecule has 0 aliphatic rings. The summed E-state index contributed by atoms with van der Waals surface area (Å²) in [6.07, 6.45) is 0. The zero-order valence-corrected chi connectivity index (χ0v) is 4.12. The van der Waals surface area contributed by atoms with Crippen molar-refractivity contribution in [2.75, 3.05) is 0 Å². The Balaban J connectivity index is 0. The van der Waals surface area contributed by atoms with Crippen LogP contribution in [0, 0.1) is 5.21 Å². The van der Waals surface area contributed by atoms with Gasteiger partial charge in [0.2, 0.25) is 0 Å². The summed E-state index contributed by atoms with van der Waals surface area (Å²) >= 11 is 0. The summed E-state index contributed by atoms with van der Waals surface area (Å²) in [4.78, 5) is 0. The van der Waals surface area contributed by atoms with Crippen LogP contribution in [0.5, 0.6) is 0 Å². The molecular weight excluding hydrogens is 77.0 g/mol. The van der Waals surface area contributed by atoms with Gasteiger partial charge in [-0.15, -0.1) is 0 Å². The predicted octanol–water partition coefficient (Wildman–Crippen LogP) is -2.39. The van der Waals surface area contributed by atoms with Gasteiger partial charge in [0.25, 0.3) is 0 Å². The van der Waals surface area contributed by atoms with Crippen LogP contribution in [0.15, 0.2) is 12.3 Å². The zero-order valence-electron chi connectivity index (χ0n) is 4.12. The van der Waals surface area contributed by atoms with Crippen molar-refractivity contribution in [1.82, 2.24) is 5.48 Å². The Kier molecular flexibility index (Phi) is 8.02. The van der Waals surface area contributed by atoms with Crippen molar-refractivity contribution in [3.8, 4) is 0 Å². The third kappa shape index (κ3) is 8.94. The van der Waals surface area contributed by atoms with E-state index >= 15 is 0 Å². The molecule has 0 saturated heterocycles. The van der Waals surface area contributed by atoms with Gasteiger partial charge in [0.15, 0.2) is 0 Å². The largest absolute Gasteiger partial charge is 1.00 e. The van der Waals surface area contributed by atoms with Gasteiger partial charge in [-0.2, -0.15) is 0 Å². The Labute approximate surface area is 49.4 Å². The van der Waals surface area contributed by atoms with Crippen molar-refractivity contribution in [3.63, 3.8) is 0 Å². The SMILES string of the molecule is [14CH2]=C([14CH3])N[O-].[Li+]. The standard InChI is InChI=1S/C3H6NO.Li/c1-3(2)4-5;/h4H,1H2,2H3;/q-1;+1/i1+2,2+2;. The first-order chi connectivity index (χ1) is 2.27. The minimum Gasteiger partial charge on any atom is -0.761 e. The fourth-order valence-corrected chi connectivity index (χ4v) is 0. The average molecular weight is 83.0 g/mol. The summed E-state index contributed by atoms with van der Waals surface area (Å²) < 4.78 is 0. The van der Waals surface area contributed by atoms with Crippen LogP contribution in [0.4, 0.5) is 0 Å².